The van der Waals surface area contributed by atoms with Crippen molar-refractivity contribution in [3.05, 3.63) is 58.6 Å². The summed E-state index contributed by atoms with van der Waals surface area (Å²) in [6, 6.07) is 10.5. The van der Waals surface area contributed by atoms with Crippen LogP contribution in [0.3, 0.4) is 0 Å². The van der Waals surface area contributed by atoms with Gasteiger partial charge in [0.2, 0.25) is 0 Å². The van der Waals surface area contributed by atoms with Crippen molar-refractivity contribution in [1.82, 2.24) is 0 Å². The maximum Gasteiger partial charge on any atom is 0.335 e. The van der Waals surface area contributed by atoms with E-state index in [9.17, 15) is 13.6 Å². The van der Waals surface area contributed by atoms with E-state index < -0.39 is 17.0 Å². The third-order valence-electron chi connectivity index (χ3n) is 2.60. The zero-order valence-electron chi connectivity index (χ0n) is 10.6. The Kier molecular flexibility index (Phi) is 4.95. The molecule has 1 unspecified atom stereocenters. The van der Waals surface area contributed by atoms with Crippen molar-refractivity contribution in [2.45, 2.75) is 5.75 Å². The number of hydrogen-bond donors (Lipinski definition) is 1. The maximum atomic E-state index is 10.9. The Labute approximate surface area is 128 Å². The van der Waals surface area contributed by atoms with Crippen LogP contribution < -0.4 is 4.74 Å². The van der Waals surface area contributed by atoms with Gasteiger partial charge in [0.05, 0.1) is 5.56 Å². The van der Waals surface area contributed by atoms with E-state index >= 15 is 0 Å². The molecular formula is C14H10ClO5S-. The highest BCUT2D eigenvalue weighted by Crippen LogP contribution is 2.29. The molecule has 0 saturated carbocycles. The van der Waals surface area contributed by atoms with Gasteiger partial charge in [0.15, 0.2) is 0 Å². The molecule has 0 amide bonds. The first-order chi connectivity index (χ1) is 9.95. The van der Waals surface area contributed by atoms with Crippen molar-refractivity contribution in [2.24, 2.45) is 0 Å². The third kappa shape index (κ3) is 4.29. The van der Waals surface area contributed by atoms with Gasteiger partial charge in [0.1, 0.15) is 11.5 Å². The fraction of sp³-hybridized carbons (Fsp3) is 0.0714. The normalized spacial score (nSPS) is 11.9. The van der Waals surface area contributed by atoms with Crippen LogP contribution in [0.15, 0.2) is 42.5 Å². The summed E-state index contributed by atoms with van der Waals surface area (Å²) in [6.45, 7) is 0. The van der Waals surface area contributed by atoms with Gasteiger partial charge in [-0.25, -0.2) is 4.79 Å². The molecule has 0 spiro atoms. The van der Waals surface area contributed by atoms with Crippen molar-refractivity contribution in [2.75, 3.05) is 0 Å². The largest absolute Gasteiger partial charge is 0.772 e. The Morgan fingerprint density at radius 1 is 1.29 bits per heavy atom. The van der Waals surface area contributed by atoms with E-state index in [0.29, 0.717) is 22.1 Å². The van der Waals surface area contributed by atoms with Gasteiger partial charge in [-0.1, -0.05) is 28.7 Å². The SMILES string of the molecule is O=C(O)c1cccc(Oc2ccc(Cl)cc2CS(=O)[O-])c1. The zero-order chi connectivity index (χ0) is 15.4. The molecule has 7 heteroatoms. The Bertz CT molecular complexity index is 702. The molecule has 0 aromatic heterocycles. The summed E-state index contributed by atoms with van der Waals surface area (Å²) in [5.41, 5.74) is 0.479. The van der Waals surface area contributed by atoms with Crippen molar-refractivity contribution in [3.8, 4) is 11.5 Å². The van der Waals surface area contributed by atoms with Gasteiger partial charge in [0.25, 0.3) is 0 Å². The highest BCUT2D eigenvalue weighted by molar-refractivity contribution is 7.78. The molecule has 0 aliphatic heterocycles. The van der Waals surface area contributed by atoms with Crippen LogP contribution in [0.1, 0.15) is 15.9 Å². The van der Waals surface area contributed by atoms with E-state index in [1.807, 2.05) is 0 Å². The van der Waals surface area contributed by atoms with Crippen LogP contribution >= 0.6 is 11.6 Å². The molecular weight excluding hydrogens is 316 g/mol. The van der Waals surface area contributed by atoms with E-state index in [-0.39, 0.29) is 11.3 Å². The predicted molar refractivity (Wildman–Crippen MR) is 77.6 cm³/mol. The number of aromatic carboxylic acids is 1. The Morgan fingerprint density at radius 3 is 2.71 bits per heavy atom. The number of halogens is 1. The zero-order valence-corrected chi connectivity index (χ0v) is 12.2. The molecule has 110 valence electrons. The van der Waals surface area contributed by atoms with Gasteiger partial charge in [0, 0.05) is 16.3 Å². The van der Waals surface area contributed by atoms with Crippen molar-refractivity contribution in [1.29, 1.82) is 0 Å². The fourth-order valence-electron chi connectivity index (χ4n) is 1.71. The molecule has 21 heavy (non-hydrogen) atoms. The highest BCUT2D eigenvalue weighted by atomic mass is 35.5. The predicted octanol–water partition coefficient (Wildman–Crippen LogP) is 3.21. The lowest BCUT2D eigenvalue weighted by molar-refractivity contribution is 0.0696. The Balaban J connectivity index is 2.32. The van der Waals surface area contributed by atoms with Crippen molar-refractivity contribution >= 4 is 28.7 Å². The summed E-state index contributed by atoms with van der Waals surface area (Å²) < 4.78 is 27.3. The summed E-state index contributed by atoms with van der Waals surface area (Å²) in [5, 5.41) is 9.32. The summed E-state index contributed by atoms with van der Waals surface area (Å²) in [4.78, 5) is 10.9. The molecule has 2 rings (SSSR count). The van der Waals surface area contributed by atoms with Gasteiger partial charge in [-0.05, 0) is 36.4 Å². The number of carboxylic acid groups (broad SMARTS) is 1. The molecule has 0 fully saturated rings. The van der Waals surface area contributed by atoms with Crippen LogP contribution in [0.25, 0.3) is 0 Å². The second-order valence-corrected chi connectivity index (χ2v) is 5.47. The van der Waals surface area contributed by atoms with Crippen LogP contribution in [-0.4, -0.2) is 19.8 Å². The number of benzene rings is 2. The van der Waals surface area contributed by atoms with E-state index in [4.69, 9.17) is 21.4 Å². The minimum Gasteiger partial charge on any atom is -0.772 e. The number of ether oxygens (including phenoxy) is 1. The number of rotatable bonds is 5. The first-order valence-electron chi connectivity index (χ1n) is 5.81. The van der Waals surface area contributed by atoms with E-state index in [1.165, 1.54) is 24.3 Å². The molecule has 1 N–H and O–H groups in total. The smallest absolute Gasteiger partial charge is 0.335 e. The van der Waals surface area contributed by atoms with Crippen LogP contribution in [0.4, 0.5) is 0 Å². The monoisotopic (exact) mass is 325 g/mol. The van der Waals surface area contributed by atoms with E-state index in [1.54, 1.807) is 18.2 Å². The first-order valence-corrected chi connectivity index (χ1v) is 7.43. The van der Waals surface area contributed by atoms with Crippen molar-refractivity contribution in [3.63, 3.8) is 0 Å². The van der Waals surface area contributed by atoms with Crippen molar-refractivity contribution < 1.29 is 23.4 Å². The molecule has 0 radical (unpaired) electrons. The number of carboxylic acids is 1. The van der Waals surface area contributed by atoms with Crippen LogP contribution in [-0.2, 0) is 16.8 Å². The quantitative estimate of drug-likeness (QED) is 0.853. The number of hydrogen-bond acceptors (Lipinski definition) is 4. The molecule has 0 heterocycles. The Morgan fingerprint density at radius 2 is 2.05 bits per heavy atom. The van der Waals surface area contributed by atoms with Crippen LogP contribution in [0.5, 0.6) is 11.5 Å². The molecule has 2 aromatic rings. The average Bonchev–Trinajstić information content (AvgIpc) is 2.41. The van der Waals surface area contributed by atoms with Gasteiger partial charge in [-0.2, -0.15) is 0 Å². The highest BCUT2D eigenvalue weighted by Gasteiger charge is 2.09. The minimum absolute atomic E-state index is 0.0791. The molecule has 2 aromatic carbocycles. The van der Waals surface area contributed by atoms with Gasteiger partial charge in [-0.15, -0.1) is 0 Å². The second-order valence-electron chi connectivity index (χ2n) is 4.14. The van der Waals surface area contributed by atoms with Gasteiger partial charge in [-0.3, -0.25) is 4.21 Å². The third-order valence-corrected chi connectivity index (χ3v) is 3.39. The second kappa shape index (κ2) is 6.71. The lowest BCUT2D eigenvalue weighted by Crippen LogP contribution is -1.99. The molecule has 5 nitrogen and oxygen atoms in total. The fourth-order valence-corrected chi connectivity index (χ4v) is 2.38. The van der Waals surface area contributed by atoms with Gasteiger partial charge < -0.3 is 14.4 Å². The molecule has 0 bridgehead atoms. The summed E-state index contributed by atoms with van der Waals surface area (Å²) in [7, 11) is 0. The lowest BCUT2D eigenvalue weighted by atomic mass is 10.2. The average molecular weight is 326 g/mol. The van der Waals surface area contributed by atoms with Crippen LogP contribution in [0, 0.1) is 0 Å². The minimum atomic E-state index is -2.29. The summed E-state index contributed by atoms with van der Waals surface area (Å²) in [6.07, 6.45) is 0. The summed E-state index contributed by atoms with van der Waals surface area (Å²) in [5.74, 6) is -0.701. The first kappa shape index (κ1) is 15.5. The van der Waals surface area contributed by atoms with E-state index in [0.717, 1.165) is 0 Å². The van der Waals surface area contributed by atoms with Crippen LogP contribution in [0.2, 0.25) is 5.02 Å². The number of carbonyl (C=O) groups is 1. The molecule has 1 atom stereocenters. The van der Waals surface area contributed by atoms with Gasteiger partial charge >= 0.3 is 5.97 Å². The standard InChI is InChI=1S/C14H11ClO5S/c15-11-4-5-13(10(6-11)8-21(18)19)20-12-3-1-2-9(7-12)14(16)17/h1-7H,8H2,(H,16,17)(H,18,19)/p-1. The lowest BCUT2D eigenvalue weighted by Gasteiger charge is -2.13. The molecule has 0 aliphatic carbocycles. The Hall–Kier alpha value is -1.89. The van der Waals surface area contributed by atoms with E-state index in [2.05, 4.69) is 0 Å². The summed E-state index contributed by atoms with van der Waals surface area (Å²) >= 11 is 3.55. The topological polar surface area (TPSA) is 86.7 Å². The maximum absolute atomic E-state index is 10.9. The molecule has 0 aliphatic rings. The molecule has 0 saturated heterocycles.